The number of alkyl halides is 3. The second kappa shape index (κ2) is 10.9. The van der Waals surface area contributed by atoms with Crippen LogP contribution < -0.4 is 9.47 Å². The molecule has 3 heterocycles. The van der Waals surface area contributed by atoms with Gasteiger partial charge in [-0.1, -0.05) is 18.2 Å². The van der Waals surface area contributed by atoms with Gasteiger partial charge in [0.2, 0.25) is 0 Å². The van der Waals surface area contributed by atoms with Crippen LogP contribution in [0, 0.1) is 0 Å². The molecule has 39 heavy (non-hydrogen) atoms. The van der Waals surface area contributed by atoms with Crippen LogP contribution in [0.25, 0.3) is 16.0 Å². The minimum atomic E-state index is -4.54. The first kappa shape index (κ1) is 27.0. The number of hydrogen-bond donors (Lipinski definition) is 0. The van der Waals surface area contributed by atoms with Gasteiger partial charge < -0.3 is 19.1 Å². The van der Waals surface area contributed by atoms with Gasteiger partial charge in [-0.3, -0.25) is 4.57 Å². The van der Waals surface area contributed by atoms with E-state index in [2.05, 4.69) is 16.9 Å². The molecule has 0 saturated carbocycles. The number of rotatable bonds is 7. The molecule has 4 aromatic rings. The van der Waals surface area contributed by atoms with Crippen LogP contribution in [0.2, 0.25) is 0 Å². The number of ether oxygens (including phenoxy) is 3. The summed E-state index contributed by atoms with van der Waals surface area (Å²) in [6.45, 7) is 3.47. The van der Waals surface area contributed by atoms with Gasteiger partial charge in [0.15, 0.2) is 4.88 Å². The minimum Gasteiger partial charge on any atom is -0.490 e. The number of methoxy groups -OCH3 is 1. The average Bonchev–Trinajstić information content (AvgIpc) is 3.53. The number of nitrogens with zero attached hydrogens (tertiary/aromatic N) is 3. The van der Waals surface area contributed by atoms with Crippen molar-refractivity contribution in [2.24, 2.45) is 0 Å². The van der Waals surface area contributed by atoms with Crippen molar-refractivity contribution in [2.45, 2.75) is 38.1 Å². The number of fused-ring (bicyclic) bond motifs is 1. The third kappa shape index (κ3) is 5.74. The number of thiophene rings is 1. The molecule has 0 radical (unpaired) electrons. The lowest BCUT2D eigenvalue weighted by atomic mass is 10.0. The van der Waals surface area contributed by atoms with Gasteiger partial charge in [-0.25, -0.2) is 9.78 Å². The second-order valence-corrected chi connectivity index (χ2v) is 10.5. The van der Waals surface area contributed by atoms with Crippen LogP contribution in [0.1, 0.15) is 46.7 Å². The van der Waals surface area contributed by atoms with Crippen LogP contribution >= 0.6 is 11.3 Å². The Balaban J connectivity index is 1.46. The number of carbonyl (C=O) groups is 1. The molecule has 11 heteroatoms. The highest BCUT2D eigenvalue weighted by Crippen LogP contribution is 2.40. The fourth-order valence-electron chi connectivity index (χ4n) is 4.70. The molecule has 1 saturated heterocycles. The van der Waals surface area contributed by atoms with Gasteiger partial charge in [0.05, 0.1) is 23.7 Å². The topological polar surface area (TPSA) is 65.8 Å². The summed E-state index contributed by atoms with van der Waals surface area (Å²) in [5.41, 5.74) is 0.677. The number of benzene rings is 2. The molecule has 206 valence electrons. The Hall–Kier alpha value is -3.57. The number of esters is 1. The van der Waals surface area contributed by atoms with Crippen LogP contribution in [0.5, 0.6) is 11.5 Å². The summed E-state index contributed by atoms with van der Waals surface area (Å²) in [4.78, 5) is 19.5. The van der Waals surface area contributed by atoms with E-state index in [-0.39, 0.29) is 22.3 Å². The predicted molar refractivity (Wildman–Crippen MR) is 142 cm³/mol. The summed E-state index contributed by atoms with van der Waals surface area (Å²) in [6.07, 6.45) is -1.88. The number of imidazole rings is 1. The number of halogens is 3. The lowest BCUT2D eigenvalue weighted by Gasteiger charge is -2.29. The summed E-state index contributed by atoms with van der Waals surface area (Å²) >= 11 is 1.11. The van der Waals surface area contributed by atoms with Crippen molar-refractivity contribution in [2.75, 3.05) is 27.2 Å². The van der Waals surface area contributed by atoms with Crippen LogP contribution in [0.4, 0.5) is 13.2 Å². The largest absolute Gasteiger partial charge is 0.490 e. The maximum Gasteiger partial charge on any atom is 0.416 e. The standard InChI is InChI=1S/C28H28F3N3O4S/c1-17(20-6-4-5-7-21(20)28(29,30)31)37-24-15-25(39-26(24)27(35)36-3)34-16-32-22-9-8-19(14-23(22)34)38-18-10-12-33(2)13-11-18/h4-9,14-18H,10-13H2,1-3H3/t17-/m1/s1. The molecule has 7 nitrogen and oxygen atoms in total. The Morgan fingerprint density at radius 3 is 2.59 bits per heavy atom. The molecule has 1 aliphatic rings. The fraction of sp³-hybridized carbons (Fsp3) is 0.357. The predicted octanol–water partition coefficient (Wildman–Crippen LogP) is 6.51. The molecule has 1 fully saturated rings. The molecular weight excluding hydrogens is 531 g/mol. The summed E-state index contributed by atoms with van der Waals surface area (Å²) in [7, 11) is 3.34. The van der Waals surface area contributed by atoms with E-state index in [0.717, 1.165) is 60.1 Å². The van der Waals surface area contributed by atoms with Crippen molar-refractivity contribution in [3.05, 3.63) is 70.9 Å². The van der Waals surface area contributed by atoms with Crippen LogP contribution in [-0.4, -0.2) is 53.8 Å². The fourth-order valence-corrected chi connectivity index (χ4v) is 5.69. The normalized spacial score (nSPS) is 15.8. The summed E-state index contributed by atoms with van der Waals surface area (Å²) in [5.74, 6) is 0.206. The number of aromatic nitrogens is 2. The van der Waals surface area contributed by atoms with E-state index >= 15 is 0 Å². The Morgan fingerprint density at radius 2 is 1.87 bits per heavy atom. The van der Waals surface area contributed by atoms with Gasteiger partial charge >= 0.3 is 12.1 Å². The van der Waals surface area contributed by atoms with Gasteiger partial charge in [-0.15, -0.1) is 11.3 Å². The number of piperidine rings is 1. The highest BCUT2D eigenvalue weighted by molar-refractivity contribution is 7.16. The Morgan fingerprint density at radius 1 is 1.13 bits per heavy atom. The molecule has 0 spiro atoms. The molecule has 0 unspecified atom stereocenters. The highest BCUT2D eigenvalue weighted by atomic mass is 32.1. The zero-order valence-corrected chi connectivity index (χ0v) is 22.5. The van der Waals surface area contributed by atoms with Gasteiger partial charge in [-0.2, -0.15) is 13.2 Å². The lowest BCUT2D eigenvalue weighted by molar-refractivity contribution is -0.139. The second-order valence-electron chi connectivity index (χ2n) is 9.50. The SMILES string of the molecule is COC(=O)c1sc(-n2cnc3ccc(OC4CCN(C)CC4)cc32)cc1O[C@H](C)c1ccccc1C(F)(F)F. The molecule has 2 aromatic heterocycles. The van der Waals surface area contributed by atoms with Crippen LogP contribution in [-0.2, 0) is 10.9 Å². The molecule has 0 amide bonds. The molecule has 1 atom stereocenters. The first-order chi connectivity index (χ1) is 18.6. The maximum atomic E-state index is 13.6. The van der Waals surface area contributed by atoms with E-state index in [4.69, 9.17) is 14.2 Å². The Kier molecular flexibility index (Phi) is 7.55. The van der Waals surface area contributed by atoms with Crippen LogP contribution in [0.3, 0.4) is 0 Å². The van der Waals surface area contributed by atoms with E-state index in [1.165, 1.54) is 32.2 Å². The summed E-state index contributed by atoms with van der Waals surface area (Å²) < 4.78 is 59.7. The quantitative estimate of drug-likeness (QED) is 0.241. The van der Waals surface area contributed by atoms with Gasteiger partial charge in [0.25, 0.3) is 0 Å². The van der Waals surface area contributed by atoms with E-state index in [1.54, 1.807) is 17.0 Å². The minimum absolute atomic E-state index is 0.0302. The van der Waals surface area contributed by atoms with Crippen molar-refractivity contribution in [1.82, 2.24) is 14.5 Å². The first-order valence-corrected chi connectivity index (χ1v) is 13.3. The third-order valence-electron chi connectivity index (χ3n) is 6.79. The van der Waals surface area contributed by atoms with Crippen molar-refractivity contribution < 1.29 is 32.2 Å². The van der Waals surface area contributed by atoms with Crippen molar-refractivity contribution in [1.29, 1.82) is 0 Å². The average molecular weight is 560 g/mol. The zero-order chi connectivity index (χ0) is 27.7. The number of carbonyl (C=O) groups excluding carboxylic acids is 1. The molecule has 0 aliphatic carbocycles. The van der Waals surface area contributed by atoms with Gasteiger partial charge in [-0.05, 0) is 45.0 Å². The van der Waals surface area contributed by atoms with Crippen LogP contribution in [0.15, 0.2) is 54.9 Å². The molecular formula is C28H28F3N3O4S. The first-order valence-electron chi connectivity index (χ1n) is 12.5. The summed E-state index contributed by atoms with van der Waals surface area (Å²) in [6, 6.07) is 12.5. The Labute approximate surface area is 227 Å². The molecule has 5 rings (SSSR count). The van der Waals surface area contributed by atoms with Gasteiger partial charge in [0.1, 0.15) is 35.0 Å². The zero-order valence-electron chi connectivity index (χ0n) is 21.7. The number of likely N-dealkylation sites (tertiary alicyclic amines) is 1. The summed E-state index contributed by atoms with van der Waals surface area (Å²) in [5, 5.41) is 0.598. The van der Waals surface area contributed by atoms with E-state index in [9.17, 15) is 18.0 Å². The molecule has 0 N–H and O–H groups in total. The molecule has 2 aromatic carbocycles. The third-order valence-corrected chi connectivity index (χ3v) is 7.88. The number of hydrogen-bond acceptors (Lipinski definition) is 7. The van der Waals surface area contributed by atoms with Crippen molar-refractivity contribution in [3.63, 3.8) is 0 Å². The highest BCUT2D eigenvalue weighted by Gasteiger charge is 2.35. The molecule has 0 bridgehead atoms. The van der Waals surface area contributed by atoms with E-state index < -0.39 is 23.8 Å². The Bertz CT molecular complexity index is 1470. The van der Waals surface area contributed by atoms with Crippen molar-refractivity contribution >= 4 is 28.3 Å². The monoisotopic (exact) mass is 559 g/mol. The molecule has 1 aliphatic heterocycles. The smallest absolute Gasteiger partial charge is 0.416 e. The van der Waals surface area contributed by atoms with E-state index in [1.807, 2.05) is 18.2 Å². The lowest BCUT2D eigenvalue weighted by Crippen LogP contribution is -2.35. The maximum absolute atomic E-state index is 13.6. The van der Waals surface area contributed by atoms with Crippen molar-refractivity contribution in [3.8, 4) is 16.5 Å². The van der Waals surface area contributed by atoms with E-state index in [0.29, 0.717) is 5.00 Å². The van der Waals surface area contributed by atoms with Gasteiger partial charge in [0, 0.05) is 30.8 Å².